The summed E-state index contributed by atoms with van der Waals surface area (Å²) in [7, 11) is 2.02. The molecule has 0 aromatic heterocycles. The molecule has 0 saturated heterocycles. The molecule has 2 aromatic rings. The fraction of sp³-hybridized carbons (Fsp3) is 0.263. The molecule has 0 saturated carbocycles. The van der Waals surface area contributed by atoms with Crippen LogP contribution in [0.25, 0.3) is 0 Å². The van der Waals surface area contributed by atoms with Crippen LogP contribution in [0.5, 0.6) is 5.75 Å². The van der Waals surface area contributed by atoms with Gasteiger partial charge in [0, 0.05) is 37.0 Å². The Morgan fingerprint density at radius 3 is 2.80 bits per heavy atom. The molecule has 2 aromatic carbocycles. The average Bonchev–Trinajstić information content (AvgIpc) is 3.23. The van der Waals surface area contributed by atoms with Crippen LogP contribution in [0.3, 0.4) is 0 Å². The van der Waals surface area contributed by atoms with E-state index >= 15 is 0 Å². The Labute approximate surface area is 146 Å². The van der Waals surface area contributed by atoms with Gasteiger partial charge in [0.25, 0.3) is 0 Å². The summed E-state index contributed by atoms with van der Waals surface area (Å²) in [5.41, 5.74) is 3.63. The van der Waals surface area contributed by atoms with E-state index < -0.39 is 0 Å². The highest BCUT2D eigenvalue weighted by Gasteiger charge is 2.15. The molecule has 0 radical (unpaired) electrons. The predicted octanol–water partition coefficient (Wildman–Crippen LogP) is 2.96. The van der Waals surface area contributed by atoms with Crippen molar-refractivity contribution < 1.29 is 9.53 Å². The first kappa shape index (κ1) is 15.5. The third-order valence-electron chi connectivity index (χ3n) is 4.38. The summed E-state index contributed by atoms with van der Waals surface area (Å²) < 4.78 is 5.48. The van der Waals surface area contributed by atoms with Gasteiger partial charge in [0.2, 0.25) is 0 Å². The maximum Gasteiger partial charge on any atom is 0.323 e. The SMILES string of the molecule is CN1CCN=C1c1cccc(NC(=O)Nc2ccc3c(c2)CCO3)c1. The van der Waals surface area contributed by atoms with Gasteiger partial charge in [-0.3, -0.25) is 4.99 Å². The molecule has 0 atom stereocenters. The van der Waals surface area contributed by atoms with E-state index in [9.17, 15) is 4.79 Å². The summed E-state index contributed by atoms with van der Waals surface area (Å²) in [5.74, 6) is 1.86. The molecular formula is C19H20N4O2. The van der Waals surface area contributed by atoms with E-state index in [2.05, 4.69) is 20.5 Å². The van der Waals surface area contributed by atoms with Gasteiger partial charge in [-0.2, -0.15) is 0 Å². The lowest BCUT2D eigenvalue weighted by molar-refractivity contribution is 0.262. The molecule has 0 fully saturated rings. The standard InChI is InChI=1S/C19H20N4O2/c1-23-9-8-20-18(23)14-3-2-4-15(12-14)21-19(24)22-16-5-6-17-13(11-16)7-10-25-17/h2-6,11-12H,7-10H2,1H3,(H2,21,22,24). The number of carbonyl (C=O) groups excluding carboxylic acids is 1. The Balaban J connectivity index is 1.44. The van der Waals surface area contributed by atoms with Crippen LogP contribution in [-0.4, -0.2) is 43.5 Å². The number of benzene rings is 2. The van der Waals surface area contributed by atoms with E-state index in [1.54, 1.807) is 0 Å². The molecule has 0 spiro atoms. The number of aliphatic imine (C=N–C) groups is 1. The van der Waals surface area contributed by atoms with Crippen molar-refractivity contribution in [3.8, 4) is 5.75 Å². The molecule has 0 aliphatic carbocycles. The second kappa shape index (κ2) is 6.47. The smallest absolute Gasteiger partial charge is 0.323 e. The lowest BCUT2D eigenvalue weighted by Crippen LogP contribution is -2.24. The van der Waals surface area contributed by atoms with Crippen molar-refractivity contribution in [2.45, 2.75) is 6.42 Å². The maximum atomic E-state index is 12.3. The second-order valence-electron chi connectivity index (χ2n) is 6.21. The number of carbonyl (C=O) groups is 1. The van der Waals surface area contributed by atoms with Gasteiger partial charge in [-0.05, 0) is 35.9 Å². The number of amidine groups is 1. The molecule has 0 unspecified atom stereocenters. The van der Waals surface area contributed by atoms with Crippen LogP contribution in [0.15, 0.2) is 47.5 Å². The van der Waals surface area contributed by atoms with Crippen molar-refractivity contribution in [3.05, 3.63) is 53.6 Å². The van der Waals surface area contributed by atoms with Crippen molar-refractivity contribution in [2.24, 2.45) is 4.99 Å². The highest BCUT2D eigenvalue weighted by molar-refractivity contribution is 6.03. The van der Waals surface area contributed by atoms with Gasteiger partial charge >= 0.3 is 6.03 Å². The van der Waals surface area contributed by atoms with Crippen LogP contribution >= 0.6 is 0 Å². The number of hydrogen-bond donors (Lipinski definition) is 2. The minimum absolute atomic E-state index is 0.266. The first-order valence-corrected chi connectivity index (χ1v) is 8.39. The number of nitrogens with one attached hydrogen (secondary N) is 2. The predicted molar refractivity (Wildman–Crippen MR) is 98.8 cm³/mol. The van der Waals surface area contributed by atoms with Crippen LogP contribution < -0.4 is 15.4 Å². The van der Waals surface area contributed by atoms with Gasteiger partial charge < -0.3 is 20.3 Å². The van der Waals surface area contributed by atoms with E-state index in [4.69, 9.17) is 4.74 Å². The molecule has 2 heterocycles. The zero-order chi connectivity index (χ0) is 17.2. The number of fused-ring (bicyclic) bond motifs is 1. The number of anilines is 2. The Morgan fingerprint density at radius 1 is 1.16 bits per heavy atom. The van der Waals surface area contributed by atoms with E-state index in [-0.39, 0.29) is 6.03 Å². The first-order valence-electron chi connectivity index (χ1n) is 8.39. The minimum atomic E-state index is -0.266. The molecular weight excluding hydrogens is 316 g/mol. The van der Waals surface area contributed by atoms with Gasteiger partial charge in [0.05, 0.1) is 13.2 Å². The summed E-state index contributed by atoms with van der Waals surface area (Å²) in [4.78, 5) is 18.9. The van der Waals surface area contributed by atoms with Crippen molar-refractivity contribution in [2.75, 3.05) is 37.4 Å². The third kappa shape index (κ3) is 3.28. The van der Waals surface area contributed by atoms with Crippen LogP contribution in [0.4, 0.5) is 16.2 Å². The number of ether oxygens (including phenoxy) is 1. The second-order valence-corrected chi connectivity index (χ2v) is 6.21. The lowest BCUT2D eigenvalue weighted by atomic mass is 10.1. The van der Waals surface area contributed by atoms with E-state index in [1.807, 2.05) is 49.5 Å². The molecule has 6 heteroatoms. The van der Waals surface area contributed by atoms with Gasteiger partial charge in [0.15, 0.2) is 0 Å². The summed E-state index contributed by atoms with van der Waals surface area (Å²) in [6.07, 6.45) is 0.879. The Hall–Kier alpha value is -3.02. The highest BCUT2D eigenvalue weighted by Crippen LogP contribution is 2.27. The minimum Gasteiger partial charge on any atom is -0.493 e. The van der Waals surface area contributed by atoms with Gasteiger partial charge in [-0.1, -0.05) is 12.1 Å². The summed E-state index contributed by atoms with van der Waals surface area (Å²) in [5, 5.41) is 5.75. The highest BCUT2D eigenvalue weighted by atomic mass is 16.5. The number of hydrogen-bond acceptors (Lipinski definition) is 4. The molecule has 25 heavy (non-hydrogen) atoms. The van der Waals surface area contributed by atoms with Gasteiger partial charge in [0.1, 0.15) is 11.6 Å². The molecule has 2 N–H and O–H groups in total. The Bertz CT molecular complexity index is 847. The van der Waals surface area contributed by atoms with Crippen LogP contribution in [0.1, 0.15) is 11.1 Å². The Morgan fingerprint density at radius 2 is 2.00 bits per heavy atom. The van der Waals surface area contributed by atoms with E-state index in [0.29, 0.717) is 6.61 Å². The molecule has 2 aliphatic heterocycles. The largest absolute Gasteiger partial charge is 0.493 e. The third-order valence-corrected chi connectivity index (χ3v) is 4.38. The van der Waals surface area contributed by atoms with Crippen molar-refractivity contribution in [1.29, 1.82) is 0 Å². The monoisotopic (exact) mass is 336 g/mol. The van der Waals surface area contributed by atoms with Crippen LogP contribution in [0.2, 0.25) is 0 Å². The fourth-order valence-corrected chi connectivity index (χ4v) is 3.14. The average molecular weight is 336 g/mol. The number of amides is 2. The topological polar surface area (TPSA) is 66.0 Å². The maximum absolute atomic E-state index is 12.3. The fourth-order valence-electron chi connectivity index (χ4n) is 3.14. The Kier molecular flexibility index (Phi) is 4.01. The number of urea groups is 1. The van der Waals surface area contributed by atoms with E-state index in [0.717, 1.165) is 53.6 Å². The van der Waals surface area contributed by atoms with E-state index in [1.165, 1.54) is 0 Å². The number of likely N-dealkylation sites (N-methyl/N-ethyl adjacent to an activating group) is 1. The summed E-state index contributed by atoms with van der Waals surface area (Å²) >= 11 is 0. The zero-order valence-electron chi connectivity index (χ0n) is 14.1. The van der Waals surface area contributed by atoms with Crippen LogP contribution in [-0.2, 0) is 6.42 Å². The zero-order valence-corrected chi connectivity index (χ0v) is 14.1. The lowest BCUT2D eigenvalue weighted by Gasteiger charge is -2.15. The van der Waals surface area contributed by atoms with Gasteiger partial charge in [-0.25, -0.2) is 4.79 Å². The molecule has 0 bridgehead atoms. The molecule has 4 rings (SSSR count). The summed E-state index contributed by atoms with van der Waals surface area (Å²) in [6, 6.07) is 13.2. The quantitative estimate of drug-likeness (QED) is 0.906. The summed E-state index contributed by atoms with van der Waals surface area (Å²) in [6.45, 7) is 2.44. The molecule has 128 valence electrons. The number of nitrogens with zero attached hydrogens (tertiary/aromatic N) is 2. The van der Waals surface area contributed by atoms with Crippen LogP contribution in [0, 0.1) is 0 Å². The first-order chi connectivity index (χ1) is 12.2. The van der Waals surface area contributed by atoms with Crippen molar-refractivity contribution >= 4 is 23.2 Å². The van der Waals surface area contributed by atoms with Gasteiger partial charge in [-0.15, -0.1) is 0 Å². The molecule has 2 amide bonds. The van der Waals surface area contributed by atoms with Crippen molar-refractivity contribution in [3.63, 3.8) is 0 Å². The normalized spacial score (nSPS) is 15.4. The number of rotatable bonds is 3. The molecule has 2 aliphatic rings. The molecule has 6 nitrogen and oxygen atoms in total. The van der Waals surface area contributed by atoms with Crippen molar-refractivity contribution in [1.82, 2.24) is 4.90 Å².